The summed E-state index contributed by atoms with van der Waals surface area (Å²) in [6, 6.07) is 9.64. The first kappa shape index (κ1) is 15.0. The lowest BCUT2D eigenvalue weighted by Gasteiger charge is -2.10. The molecule has 2 N–H and O–H groups in total. The summed E-state index contributed by atoms with van der Waals surface area (Å²) < 4.78 is 31.0. The number of alkyl carbamates (subject to hydrolysis) is 1. The topological polar surface area (TPSA) is 67.4 Å². The highest BCUT2D eigenvalue weighted by molar-refractivity contribution is 6.04. The maximum absolute atomic E-state index is 13.1. The lowest BCUT2D eigenvalue weighted by Crippen LogP contribution is -2.13. The summed E-state index contributed by atoms with van der Waals surface area (Å²) >= 11 is 0. The zero-order valence-electron chi connectivity index (χ0n) is 11.8. The Morgan fingerprint density at radius 3 is 2.48 bits per heavy atom. The number of ether oxygens (including phenoxy) is 1. The van der Waals surface area contributed by atoms with Crippen LogP contribution >= 0.6 is 0 Å². The molecule has 118 valence electrons. The molecule has 0 radical (unpaired) electrons. The fourth-order valence-electron chi connectivity index (χ4n) is 2.20. The molecule has 0 spiro atoms. The lowest BCUT2D eigenvalue weighted by atomic mass is 10.1. The number of cyclic esters (lactones) is 1. The Kier molecular flexibility index (Phi) is 3.92. The molecule has 0 aliphatic carbocycles. The average molecular weight is 318 g/mol. The van der Waals surface area contributed by atoms with Crippen LogP contribution in [0.15, 0.2) is 42.5 Å². The monoisotopic (exact) mass is 318 g/mol. The number of carbonyl (C=O) groups is 2. The number of hydrogen-bond acceptors (Lipinski definition) is 3. The smallest absolute Gasteiger partial charge is 0.407 e. The number of benzene rings is 2. The molecule has 23 heavy (non-hydrogen) atoms. The van der Waals surface area contributed by atoms with Gasteiger partial charge in [-0.25, -0.2) is 13.6 Å². The zero-order chi connectivity index (χ0) is 16.4. The van der Waals surface area contributed by atoms with Gasteiger partial charge >= 0.3 is 6.09 Å². The van der Waals surface area contributed by atoms with Gasteiger partial charge in [0.2, 0.25) is 0 Å². The quantitative estimate of drug-likeness (QED) is 0.914. The van der Waals surface area contributed by atoms with Crippen molar-refractivity contribution in [3.05, 3.63) is 65.2 Å². The zero-order valence-corrected chi connectivity index (χ0v) is 11.8. The van der Waals surface area contributed by atoms with E-state index in [4.69, 9.17) is 4.74 Å². The number of nitrogens with one attached hydrogen (secondary N) is 2. The van der Waals surface area contributed by atoms with Crippen molar-refractivity contribution in [2.45, 2.75) is 6.10 Å². The molecule has 1 atom stereocenters. The first-order chi connectivity index (χ1) is 11.0. The summed E-state index contributed by atoms with van der Waals surface area (Å²) in [5.41, 5.74) is 1.29. The molecule has 5 nitrogen and oxygen atoms in total. The van der Waals surface area contributed by atoms with E-state index in [2.05, 4.69) is 10.6 Å². The average Bonchev–Trinajstić information content (AvgIpc) is 2.97. The molecule has 0 aromatic heterocycles. The van der Waals surface area contributed by atoms with Crippen LogP contribution in [0, 0.1) is 11.6 Å². The van der Waals surface area contributed by atoms with Gasteiger partial charge in [-0.05, 0) is 35.9 Å². The molecule has 1 heterocycles. The fraction of sp³-hybridized carbons (Fsp3) is 0.125. The van der Waals surface area contributed by atoms with Crippen LogP contribution in [-0.2, 0) is 4.74 Å². The van der Waals surface area contributed by atoms with Crippen LogP contribution in [0.2, 0.25) is 0 Å². The minimum Gasteiger partial charge on any atom is -0.439 e. The Bertz CT molecular complexity index is 762. The van der Waals surface area contributed by atoms with Gasteiger partial charge in [0.25, 0.3) is 5.91 Å². The van der Waals surface area contributed by atoms with Crippen molar-refractivity contribution in [2.24, 2.45) is 0 Å². The third-order valence-corrected chi connectivity index (χ3v) is 3.40. The minimum absolute atomic E-state index is 0.0156. The normalized spacial score (nSPS) is 16.6. The Balaban J connectivity index is 1.69. The second-order valence-corrected chi connectivity index (χ2v) is 4.98. The first-order valence-electron chi connectivity index (χ1n) is 6.84. The van der Waals surface area contributed by atoms with Crippen molar-refractivity contribution in [1.82, 2.24) is 5.32 Å². The Labute approximate surface area is 130 Å². The molecular weight excluding hydrogens is 306 g/mol. The molecule has 1 fully saturated rings. The third kappa shape index (κ3) is 3.28. The molecular formula is C16H12F2N2O3. The van der Waals surface area contributed by atoms with Crippen molar-refractivity contribution in [1.29, 1.82) is 0 Å². The van der Waals surface area contributed by atoms with Crippen LogP contribution in [0.5, 0.6) is 0 Å². The predicted octanol–water partition coefficient (Wildman–Crippen LogP) is 3.00. The maximum atomic E-state index is 13.1. The molecule has 1 aliphatic rings. The van der Waals surface area contributed by atoms with Gasteiger partial charge < -0.3 is 15.4 Å². The SMILES string of the molecule is O=C1NCC(c2ccc(NC(=O)c3ccc(F)c(F)c3)cc2)O1. The lowest BCUT2D eigenvalue weighted by molar-refractivity contribution is 0.102. The van der Waals surface area contributed by atoms with Crippen LogP contribution < -0.4 is 10.6 Å². The summed E-state index contributed by atoms with van der Waals surface area (Å²) in [7, 11) is 0. The summed E-state index contributed by atoms with van der Waals surface area (Å²) in [6.45, 7) is 0.388. The predicted molar refractivity (Wildman–Crippen MR) is 78.0 cm³/mol. The van der Waals surface area contributed by atoms with E-state index in [9.17, 15) is 18.4 Å². The Hall–Kier alpha value is -2.96. The molecule has 1 aliphatic heterocycles. The minimum atomic E-state index is -1.08. The third-order valence-electron chi connectivity index (χ3n) is 3.40. The molecule has 1 saturated heterocycles. The highest BCUT2D eigenvalue weighted by Gasteiger charge is 2.23. The van der Waals surface area contributed by atoms with Crippen molar-refractivity contribution >= 4 is 17.7 Å². The first-order valence-corrected chi connectivity index (χ1v) is 6.84. The Morgan fingerprint density at radius 1 is 1.13 bits per heavy atom. The second-order valence-electron chi connectivity index (χ2n) is 4.98. The van der Waals surface area contributed by atoms with E-state index in [0.29, 0.717) is 12.2 Å². The van der Waals surface area contributed by atoms with E-state index >= 15 is 0 Å². The van der Waals surface area contributed by atoms with E-state index in [0.717, 1.165) is 17.7 Å². The van der Waals surface area contributed by atoms with Crippen LogP contribution in [0.1, 0.15) is 22.0 Å². The van der Waals surface area contributed by atoms with E-state index in [1.54, 1.807) is 24.3 Å². The van der Waals surface area contributed by atoms with Gasteiger partial charge in [-0.15, -0.1) is 0 Å². The highest BCUT2D eigenvalue weighted by atomic mass is 19.2. The molecule has 0 saturated carbocycles. The fourth-order valence-corrected chi connectivity index (χ4v) is 2.20. The van der Waals surface area contributed by atoms with Crippen LogP contribution in [-0.4, -0.2) is 18.5 Å². The van der Waals surface area contributed by atoms with Gasteiger partial charge in [0.1, 0.15) is 6.10 Å². The van der Waals surface area contributed by atoms with Gasteiger partial charge in [0, 0.05) is 11.3 Å². The Morgan fingerprint density at radius 2 is 1.87 bits per heavy atom. The number of carbonyl (C=O) groups excluding carboxylic acids is 2. The van der Waals surface area contributed by atoms with E-state index in [1.165, 1.54) is 6.07 Å². The van der Waals surface area contributed by atoms with Crippen LogP contribution in [0.4, 0.5) is 19.3 Å². The van der Waals surface area contributed by atoms with Crippen molar-refractivity contribution in [3.8, 4) is 0 Å². The number of anilines is 1. The summed E-state index contributed by atoms with van der Waals surface area (Å²) in [4.78, 5) is 23.0. The molecule has 7 heteroatoms. The van der Waals surface area contributed by atoms with Gasteiger partial charge in [0.15, 0.2) is 11.6 Å². The van der Waals surface area contributed by atoms with E-state index < -0.39 is 23.6 Å². The molecule has 0 bridgehead atoms. The summed E-state index contributed by atoms with van der Waals surface area (Å²) in [5, 5.41) is 5.13. The van der Waals surface area contributed by atoms with Crippen molar-refractivity contribution in [3.63, 3.8) is 0 Å². The largest absolute Gasteiger partial charge is 0.439 e. The second kappa shape index (κ2) is 6.04. The van der Waals surface area contributed by atoms with Gasteiger partial charge in [-0.1, -0.05) is 12.1 Å². The standard InChI is InChI=1S/C16H12F2N2O3/c17-12-6-3-10(7-13(12)18)15(21)20-11-4-1-9(2-5-11)14-8-19-16(22)23-14/h1-7,14H,8H2,(H,19,22)(H,20,21). The number of rotatable bonds is 3. The highest BCUT2D eigenvalue weighted by Crippen LogP contribution is 2.22. The molecule has 2 aromatic rings. The van der Waals surface area contributed by atoms with Gasteiger partial charge in [0.05, 0.1) is 6.54 Å². The van der Waals surface area contributed by atoms with Crippen LogP contribution in [0.3, 0.4) is 0 Å². The number of halogens is 2. The van der Waals surface area contributed by atoms with Gasteiger partial charge in [-0.3, -0.25) is 4.79 Å². The molecule has 2 aromatic carbocycles. The molecule has 3 rings (SSSR count). The van der Waals surface area contributed by atoms with Crippen molar-refractivity contribution < 1.29 is 23.1 Å². The van der Waals surface area contributed by atoms with Crippen LogP contribution in [0.25, 0.3) is 0 Å². The number of amides is 2. The maximum Gasteiger partial charge on any atom is 0.407 e. The molecule has 1 unspecified atom stereocenters. The van der Waals surface area contributed by atoms with Crippen molar-refractivity contribution in [2.75, 3.05) is 11.9 Å². The number of hydrogen-bond donors (Lipinski definition) is 2. The van der Waals surface area contributed by atoms with E-state index in [-0.39, 0.29) is 11.7 Å². The van der Waals surface area contributed by atoms with E-state index in [1.807, 2.05) is 0 Å². The summed E-state index contributed by atoms with van der Waals surface area (Å²) in [6.07, 6.45) is -0.829. The van der Waals surface area contributed by atoms with Gasteiger partial charge in [-0.2, -0.15) is 0 Å². The summed E-state index contributed by atoms with van der Waals surface area (Å²) in [5.74, 6) is -2.64. The molecule has 2 amide bonds.